The number of nitrogens with two attached hydrogens (primary N) is 1. The van der Waals surface area contributed by atoms with Crippen molar-refractivity contribution in [2.45, 2.75) is 38.6 Å². The third-order valence-electron chi connectivity index (χ3n) is 3.84. The Morgan fingerprint density at radius 2 is 2.05 bits per heavy atom. The third kappa shape index (κ3) is 3.25. The van der Waals surface area contributed by atoms with Crippen molar-refractivity contribution in [3.8, 4) is 6.07 Å². The first-order valence-electron chi connectivity index (χ1n) is 6.66. The summed E-state index contributed by atoms with van der Waals surface area (Å²) >= 11 is 0. The number of benzene rings is 1. The van der Waals surface area contributed by atoms with Crippen LogP contribution < -0.4 is 11.1 Å². The molecule has 1 aliphatic carbocycles. The van der Waals surface area contributed by atoms with Crippen LogP contribution in [0.1, 0.15) is 36.8 Å². The summed E-state index contributed by atoms with van der Waals surface area (Å²) in [5, 5.41) is 12.3. The molecule has 3 N–H and O–H groups in total. The number of carbonyl (C=O) groups excluding carboxylic acids is 1. The Morgan fingerprint density at radius 1 is 1.37 bits per heavy atom. The fourth-order valence-corrected chi connectivity index (χ4v) is 2.64. The van der Waals surface area contributed by atoms with Gasteiger partial charge < -0.3 is 11.1 Å². The van der Waals surface area contributed by atoms with E-state index in [4.69, 9.17) is 11.0 Å². The predicted octanol–water partition coefficient (Wildman–Crippen LogP) is 2.32. The van der Waals surface area contributed by atoms with Crippen molar-refractivity contribution in [3.05, 3.63) is 29.3 Å². The number of nitrogens with one attached hydrogen (secondary N) is 1. The Morgan fingerprint density at radius 3 is 2.58 bits per heavy atom. The van der Waals surface area contributed by atoms with E-state index in [1.165, 1.54) is 0 Å². The van der Waals surface area contributed by atoms with Crippen molar-refractivity contribution < 1.29 is 4.79 Å². The molecule has 2 rings (SSSR count). The summed E-state index contributed by atoms with van der Waals surface area (Å²) in [5.74, 6) is -0.131. The second kappa shape index (κ2) is 5.75. The van der Waals surface area contributed by atoms with Crippen molar-refractivity contribution in [1.82, 2.24) is 0 Å². The van der Waals surface area contributed by atoms with Gasteiger partial charge in [0, 0.05) is 17.6 Å². The molecule has 1 aromatic rings. The number of rotatable bonds is 3. The van der Waals surface area contributed by atoms with Gasteiger partial charge in [-0.3, -0.25) is 4.79 Å². The molecule has 1 fully saturated rings. The lowest BCUT2D eigenvalue weighted by atomic mass is 9.85. The highest BCUT2D eigenvalue weighted by Crippen LogP contribution is 2.27. The van der Waals surface area contributed by atoms with Crippen LogP contribution in [-0.4, -0.2) is 11.9 Å². The summed E-state index contributed by atoms with van der Waals surface area (Å²) in [4.78, 5) is 11.1. The molecule has 0 aromatic heterocycles. The number of amides is 1. The molecule has 0 spiro atoms. The van der Waals surface area contributed by atoms with Crippen LogP contribution in [0.25, 0.3) is 0 Å². The second-order valence-electron chi connectivity index (χ2n) is 5.24. The average Bonchev–Trinajstić information content (AvgIpc) is 2.41. The fraction of sp³-hybridized carbons (Fsp3) is 0.467. The first-order valence-corrected chi connectivity index (χ1v) is 6.66. The number of anilines is 1. The standard InChI is InChI=1S/C15H19N3O/c1-10-8-11(9-16)2-7-14(10)18-13-5-3-12(4-6-13)15(17)19/h2,7-8,12-13,18H,3-6H2,1H3,(H2,17,19). The second-order valence-corrected chi connectivity index (χ2v) is 5.24. The minimum absolute atomic E-state index is 0.0418. The summed E-state index contributed by atoms with van der Waals surface area (Å²) in [6.45, 7) is 2.00. The van der Waals surface area contributed by atoms with E-state index >= 15 is 0 Å². The maximum atomic E-state index is 11.1. The average molecular weight is 257 g/mol. The Balaban J connectivity index is 1.96. The van der Waals surface area contributed by atoms with Crippen molar-refractivity contribution in [1.29, 1.82) is 5.26 Å². The fourth-order valence-electron chi connectivity index (χ4n) is 2.64. The summed E-state index contributed by atoms with van der Waals surface area (Å²) in [6.07, 6.45) is 3.66. The molecule has 100 valence electrons. The van der Waals surface area contributed by atoms with Crippen LogP contribution in [0.5, 0.6) is 0 Å². The van der Waals surface area contributed by atoms with Crippen molar-refractivity contribution >= 4 is 11.6 Å². The molecule has 4 heteroatoms. The minimum Gasteiger partial charge on any atom is -0.382 e. The number of hydrogen-bond donors (Lipinski definition) is 2. The molecule has 0 heterocycles. The Labute approximate surface area is 113 Å². The third-order valence-corrected chi connectivity index (χ3v) is 3.84. The van der Waals surface area contributed by atoms with E-state index in [9.17, 15) is 4.79 Å². The van der Waals surface area contributed by atoms with Gasteiger partial charge >= 0.3 is 0 Å². The van der Waals surface area contributed by atoms with Crippen LogP contribution in [0, 0.1) is 24.2 Å². The number of carbonyl (C=O) groups is 1. The van der Waals surface area contributed by atoms with E-state index in [0.29, 0.717) is 11.6 Å². The first kappa shape index (κ1) is 13.4. The number of hydrogen-bond acceptors (Lipinski definition) is 3. The Hall–Kier alpha value is -2.02. The molecule has 1 amide bonds. The van der Waals surface area contributed by atoms with Crippen LogP contribution in [0.15, 0.2) is 18.2 Å². The minimum atomic E-state index is -0.173. The molecule has 0 radical (unpaired) electrons. The lowest BCUT2D eigenvalue weighted by Gasteiger charge is -2.28. The maximum absolute atomic E-state index is 11.1. The van der Waals surface area contributed by atoms with Gasteiger partial charge in [-0.05, 0) is 56.4 Å². The SMILES string of the molecule is Cc1cc(C#N)ccc1NC1CCC(C(N)=O)CC1. The van der Waals surface area contributed by atoms with Gasteiger partial charge in [0.15, 0.2) is 0 Å². The van der Waals surface area contributed by atoms with E-state index in [1.54, 1.807) is 0 Å². The zero-order valence-electron chi connectivity index (χ0n) is 11.1. The van der Waals surface area contributed by atoms with Crippen LogP contribution in [0.4, 0.5) is 5.69 Å². The monoisotopic (exact) mass is 257 g/mol. The van der Waals surface area contributed by atoms with Gasteiger partial charge in [0.05, 0.1) is 11.6 Å². The van der Waals surface area contributed by atoms with E-state index in [2.05, 4.69) is 11.4 Å². The molecular formula is C15H19N3O. The predicted molar refractivity (Wildman–Crippen MR) is 74.5 cm³/mol. The van der Waals surface area contributed by atoms with E-state index in [1.807, 2.05) is 25.1 Å². The van der Waals surface area contributed by atoms with Crippen molar-refractivity contribution in [3.63, 3.8) is 0 Å². The largest absolute Gasteiger partial charge is 0.382 e. The quantitative estimate of drug-likeness (QED) is 0.872. The summed E-state index contributed by atoms with van der Waals surface area (Å²) in [6, 6.07) is 8.19. The number of primary amides is 1. The Bertz CT molecular complexity index is 511. The molecule has 0 saturated heterocycles. The molecule has 4 nitrogen and oxygen atoms in total. The molecule has 0 bridgehead atoms. The zero-order chi connectivity index (χ0) is 13.8. The molecule has 1 aromatic carbocycles. The molecule has 1 saturated carbocycles. The van der Waals surface area contributed by atoms with Crippen LogP contribution in [0.2, 0.25) is 0 Å². The summed E-state index contributed by atoms with van der Waals surface area (Å²) < 4.78 is 0. The van der Waals surface area contributed by atoms with Crippen LogP contribution >= 0.6 is 0 Å². The first-order chi connectivity index (χ1) is 9.10. The molecule has 19 heavy (non-hydrogen) atoms. The van der Waals surface area contributed by atoms with Crippen LogP contribution in [-0.2, 0) is 4.79 Å². The summed E-state index contributed by atoms with van der Waals surface area (Å²) in [7, 11) is 0. The van der Waals surface area contributed by atoms with Crippen molar-refractivity contribution in [2.75, 3.05) is 5.32 Å². The number of aryl methyl sites for hydroxylation is 1. The lowest BCUT2D eigenvalue weighted by molar-refractivity contribution is -0.122. The van der Waals surface area contributed by atoms with Crippen LogP contribution in [0.3, 0.4) is 0 Å². The molecule has 1 aliphatic rings. The number of nitrogens with zero attached hydrogens (tertiary/aromatic N) is 1. The van der Waals surface area contributed by atoms with E-state index in [0.717, 1.165) is 36.9 Å². The maximum Gasteiger partial charge on any atom is 0.220 e. The lowest BCUT2D eigenvalue weighted by Crippen LogP contribution is -2.32. The van der Waals surface area contributed by atoms with Gasteiger partial charge in [-0.2, -0.15) is 5.26 Å². The van der Waals surface area contributed by atoms with E-state index < -0.39 is 0 Å². The van der Waals surface area contributed by atoms with Gasteiger partial charge in [0.1, 0.15) is 0 Å². The highest BCUT2D eigenvalue weighted by molar-refractivity contribution is 5.76. The molecular weight excluding hydrogens is 238 g/mol. The molecule has 0 unspecified atom stereocenters. The highest BCUT2D eigenvalue weighted by Gasteiger charge is 2.24. The molecule has 0 aliphatic heterocycles. The van der Waals surface area contributed by atoms with Crippen molar-refractivity contribution in [2.24, 2.45) is 11.7 Å². The van der Waals surface area contributed by atoms with Gasteiger partial charge in [0.25, 0.3) is 0 Å². The van der Waals surface area contributed by atoms with Gasteiger partial charge in [-0.1, -0.05) is 0 Å². The van der Waals surface area contributed by atoms with E-state index in [-0.39, 0.29) is 11.8 Å². The highest BCUT2D eigenvalue weighted by atomic mass is 16.1. The normalized spacial score (nSPS) is 22.5. The van der Waals surface area contributed by atoms with Gasteiger partial charge in [0.2, 0.25) is 5.91 Å². The smallest absolute Gasteiger partial charge is 0.220 e. The Kier molecular flexibility index (Phi) is 4.06. The number of nitriles is 1. The summed E-state index contributed by atoms with van der Waals surface area (Å²) in [5.41, 5.74) is 8.16. The van der Waals surface area contributed by atoms with Gasteiger partial charge in [-0.25, -0.2) is 0 Å². The topological polar surface area (TPSA) is 78.9 Å². The zero-order valence-corrected chi connectivity index (χ0v) is 11.1. The molecule has 0 atom stereocenters. The van der Waals surface area contributed by atoms with Gasteiger partial charge in [-0.15, -0.1) is 0 Å².